The molecular formula is C15H17F2NO. The number of nitrogens with zero attached hydrogens (tertiary/aromatic N) is 1. The lowest BCUT2D eigenvalue weighted by atomic mass is 10.1. The minimum atomic E-state index is -2.46. The molecule has 0 aliphatic carbocycles. The van der Waals surface area contributed by atoms with Crippen LogP contribution in [0.5, 0.6) is 0 Å². The largest absolute Gasteiger partial charge is 0.365 e. The Hall–Kier alpha value is -1.60. The van der Waals surface area contributed by atoms with E-state index in [1.807, 2.05) is 17.9 Å². The average molecular weight is 265 g/mol. The molecule has 19 heavy (non-hydrogen) atoms. The van der Waals surface area contributed by atoms with Crippen molar-refractivity contribution in [3.8, 4) is 12.3 Å². The van der Waals surface area contributed by atoms with E-state index in [0.717, 1.165) is 5.69 Å². The van der Waals surface area contributed by atoms with Crippen molar-refractivity contribution in [3.05, 3.63) is 29.3 Å². The number of alkyl halides is 2. The molecule has 102 valence electrons. The third-order valence-electron chi connectivity index (χ3n) is 3.31. The average Bonchev–Trinajstić information content (AvgIpc) is 2.38. The molecule has 1 aliphatic rings. The Morgan fingerprint density at radius 3 is 2.79 bits per heavy atom. The number of hydrogen-bond acceptors (Lipinski definition) is 2. The molecule has 1 heterocycles. The molecule has 0 spiro atoms. The quantitative estimate of drug-likeness (QED) is 0.762. The van der Waals surface area contributed by atoms with Crippen LogP contribution in [-0.2, 0) is 4.74 Å². The summed E-state index contributed by atoms with van der Waals surface area (Å²) in [5.74, 6) is 2.57. The number of benzene rings is 1. The topological polar surface area (TPSA) is 12.5 Å². The van der Waals surface area contributed by atoms with Gasteiger partial charge >= 0.3 is 0 Å². The van der Waals surface area contributed by atoms with Gasteiger partial charge in [0.05, 0.1) is 12.6 Å². The van der Waals surface area contributed by atoms with Crippen molar-refractivity contribution in [2.24, 2.45) is 0 Å². The first-order valence-corrected chi connectivity index (χ1v) is 6.26. The van der Waals surface area contributed by atoms with Gasteiger partial charge in [0.25, 0.3) is 6.43 Å². The van der Waals surface area contributed by atoms with Crippen molar-refractivity contribution >= 4 is 5.69 Å². The Morgan fingerprint density at radius 2 is 2.16 bits per heavy atom. The van der Waals surface area contributed by atoms with Crippen molar-refractivity contribution in [2.45, 2.75) is 32.5 Å². The fraction of sp³-hybridized carbons (Fsp3) is 0.467. The van der Waals surface area contributed by atoms with Gasteiger partial charge in [-0.1, -0.05) is 12.0 Å². The van der Waals surface area contributed by atoms with E-state index in [-0.39, 0.29) is 17.8 Å². The normalized spacial score (nSPS) is 23.5. The fourth-order valence-corrected chi connectivity index (χ4v) is 2.31. The van der Waals surface area contributed by atoms with Crippen molar-refractivity contribution in [1.82, 2.24) is 0 Å². The van der Waals surface area contributed by atoms with Gasteiger partial charge in [-0.2, -0.15) is 0 Å². The zero-order chi connectivity index (χ0) is 14.0. The van der Waals surface area contributed by atoms with E-state index in [0.29, 0.717) is 18.7 Å². The van der Waals surface area contributed by atoms with E-state index in [4.69, 9.17) is 11.2 Å². The molecule has 2 rings (SSSR count). The van der Waals surface area contributed by atoms with Crippen LogP contribution in [0.15, 0.2) is 18.2 Å². The number of ether oxygens (including phenoxy) is 1. The monoisotopic (exact) mass is 265 g/mol. The van der Waals surface area contributed by atoms with E-state index in [1.165, 1.54) is 0 Å². The van der Waals surface area contributed by atoms with E-state index in [1.54, 1.807) is 19.1 Å². The fourth-order valence-electron chi connectivity index (χ4n) is 2.31. The zero-order valence-electron chi connectivity index (χ0n) is 11.1. The van der Waals surface area contributed by atoms with Gasteiger partial charge in [0.15, 0.2) is 0 Å². The van der Waals surface area contributed by atoms with E-state index >= 15 is 0 Å². The van der Waals surface area contributed by atoms with Gasteiger partial charge in [0.1, 0.15) is 6.10 Å². The second-order valence-corrected chi connectivity index (χ2v) is 4.85. The number of morpholine rings is 1. The maximum Gasteiger partial charge on any atom is 0.264 e. The Kier molecular flexibility index (Phi) is 4.06. The van der Waals surface area contributed by atoms with Gasteiger partial charge in [0.2, 0.25) is 0 Å². The standard InChI is InChI=1S/C15H17F2NO/c1-4-13-9-18(8-11(3)19-13)12-6-5-10(2)14(7-12)15(16)17/h1,5-7,11,13,15H,8-9H2,2-3H3. The maximum atomic E-state index is 12.9. The predicted octanol–water partition coefficient (Wildman–Crippen LogP) is 3.16. The molecule has 0 N–H and O–H groups in total. The molecule has 1 saturated heterocycles. The van der Waals surface area contributed by atoms with Crippen LogP contribution in [0, 0.1) is 19.3 Å². The molecule has 0 aromatic heterocycles. The Bertz CT molecular complexity index is 495. The predicted molar refractivity (Wildman–Crippen MR) is 71.5 cm³/mol. The van der Waals surface area contributed by atoms with Crippen LogP contribution in [-0.4, -0.2) is 25.3 Å². The lowest BCUT2D eigenvalue weighted by molar-refractivity contribution is 0.0154. The zero-order valence-corrected chi connectivity index (χ0v) is 11.1. The molecule has 0 amide bonds. The van der Waals surface area contributed by atoms with Crippen LogP contribution < -0.4 is 4.90 Å². The molecule has 0 bridgehead atoms. The molecular weight excluding hydrogens is 248 g/mol. The van der Waals surface area contributed by atoms with Crippen LogP contribution in [0.2, 0.25) is 0 Å². The summed E-state index contributed by atoms with van der Waals surface area (Å²) in [6, 6.07) is 5.13. The first-order chi connectivity index (χ1) is 9.01. The number of halogens is 2. The first-order valence-electron chi connectivity index (χ1n) is 6.26. The van der Waals surface area contributed by atoms with Crippen molar-refractivity contribution in [2.75, 3.05) is 18.0 Å². The SMILES string of the molecule is C#CC1CN(c2ccc(C)c(C(F)F)c2)CC(C)O1. The van der Waals surface area contributed by atoms with Crippen LogP contribution in [0.25, 0.3) is 0 Å². The molecule has 1 aromatic carbocycles. The van der Waals surface area contributed by atoms with Crippen LogP contribution in [0.4, 0.5) is 14.5 Å². The summed E-state index contributed by atoms with van der Waals surface area (Å²) in [6.07, 6.45) is 2.63. The molecule has 4 heteroatoms. The van der Waals surface area contributed by atoms with E-state index in [9.17, 15) is 8.78 Å². The minimum Gasteiger partial charge on any atom is -0.365 e. The summed E-state index contributed by atoms with van der Waals surface area (Å²) < 4.78 is 31.4. The molecule has 2 nitrogen and oxygen atoms in total. The van der Waals surface area contributed by atoms with E-state index in [2.05, 4.69) is 5.92 Å². The lowest BCUT2D eigenvalue weighted by Crippen LogP contribution is -2.46. The van der Waals surface area contributed by atoms with Crippen molar-refractivity contribution < 1.29 is 13.5 Å². The van der Waals surface area contributed by atoms with E-state index < -0.39 is 6.43 Å². The third-order valence-corrected chi connectivity index (χ3v) is 3.31. The molecule has 1 aromatic rings. The molecule has 1 aliphatic heterocycles. The third kappa shape index (κ3) is 3.05. The summed E-state index contributed by atoms with van der Waals surface area (Å²) >= 11 is 0. The second kappa shape index (κ2) is 5.58. The molecule has 2 unspecified atom stereocenters. The summed E-state index contributed by atoms with van der Waals surface area (Å²) in [5.41, 5.74) is 1.46. The lowest BCUT2D eigenvalue weighted by Gasteiger charge is -2.36. The molecule has 0 radical (unpaired) electrons. The van der Waals surface area contributed by atoms with Gasteiger partial charge in [-0.25, -0.2) is 8.78 Å². The van der Waals surface area contributed by atoms with Gasteiger partial charge in [-0.15, -0.1) is 6.42 Å². The highest BCUT2D eigenvalue weighted by Crippen LogP contribution is 2.28. The van der Waals surface area contributed by atoms with Gasteiger partial charge in [-0.05, 0) is 31.5 Å². The summed E-state index contributed by atoms with van der Waals surface area (Å²) in [5, 5.41) is 0. The molecule has 2 atom stereocenters. The maximum absolute atomic E-state index is 12.9. The summed E-state index contributed by atoms with van der Waals surface area (Å²) in [4.78, 5) is 2.00. The first kappa shape index (κ1) is 13.8. The highest BCUT2D eigenvalue weighted by atomic mass is 19.3. The smallest absolute Gasteiger partial charge is 0.264 e. The minimum absolute atomic E-state index is 0.00824. The number of aryl methyl sites for hydroxylation is 1. The number of hydrogen-bond donors (Lipinski definition) is 0. The van der Waals surface area contributed by atoms with Crippen LogP contribution >= 0.6 is 0 Å². The number of terminal acetylenes is 1. The number of rotatable bonds is 2. The van der Waals surface area contributed by atoms with Crippen LogP contribution in [0.1, 0.15) is 24.5 Å². The Balaban J connectivity index is 2.26. The van der Waals surface area contributed by atoms with Crippen molar-refractivity contribution in [3.63, 3.8) is 0 Å². The number of anilines is 1. The van der Waals surface area contributed by atoms with Gasteiger partial charge in [0, 0.05) is 17.8 Å². The highest BCUT2D eigenvalue weighted by molar-refractivity contribution is 5.52. The summed E-state index contributed by atoms with van der Waals surface area (Å²) in [6.45, 7) is 4.81. The van der Waals surface area contributed by atoms with Gasteiger partial charge < -0.3 is 9.64 Å². The van der Waals surface area contributed by atoms with Gasteiger partial charge in [-0.3, -0.25) is 0 Å². The Morgan fingerprint density at radius 1 is 1.42 bits per heavy atom. The highest BCUT2D eigenvalue weighted by Gasteiger charge is 2.24. The second-order valence-electron chi connectivity index (χ2n) is 4.85. The Labute approximate surface area is 112 Å². The molecule has 1 fully saturated rings. The van der Waals surface area contributed by atoms with Crippen LogP contribution in [0.3, 0.4) is 0 Å². The molecule has 0 saturated carbocycles. The van der Waals surface area contributed by atoms with Crippen molar-refractivity contribution in [1.29, 1.82) is 0 Å². The summed E-state index contributed by atoms with van der Waals surface area (Å²) in [7, 11) is 0.